The van der Waals surface area contributed by atoms with Crippen molar-refractivity contribution in [3.63, 3.8) is 0 Å². The van der Waals surface area contributed by atoms with Gasteiger partial charge in [0, 0.05) is 6.20 Å². The second kappa shape index (κ2) is 4.78. The SMILES string of the molecule is OC(c1ccccn1)c1ccccc1C(F)(F)F. The molecule has 1 aromatic carbocycles. The van der Waals surface area contributed by atoms with Gasteiger partial charge in [0.15, 0.2) is 0 Å². The Labute approximate surface area is 102 Å². The Morgan fingerprint density at radius 3 is 2.28 bits per heavy atom. The average molecular weight is 253 g/mol. The second-order valence-corrected chi connectivity index (χ2v) is 3.74. The highest BCUT2D eigenvalue weighted by atomic mass is 19.4. The number of rotatable bonds is 2. The third-order valence-electron chi connectivity index (χ3n) is 2.53. The van der Waals surface area contributed by atoms with Gasteiger partial charge in [-0.1, -0.05) is 24.3 Å². The molecule has 0 saturated carbocycles. The van der Waals surface area contributed by atoms with Crippen molar-refractivity contribution in [2.24, 2.45) is 0 Å². The molecule has 2 aromatic rings. The monoisotopic (exact) mass is 253 g/mol. The minimum atomic E-state index is -4.49. The molecule has 2 rings (SSSR count). The van der Waals surface area contributed by atoms with Gasteiger partial charge in [-0.05, 0) is 23.8 Å². The molecule has 1 heterocycles. The van der Waals surface area contributed by atoms with Crippen molar-refractivity contribution in [2.75, 3.05) is 0 Å². The maximum Gasteiger partial charge on any atom is 0.416 e. The largest absolute Gasteiger partial charge is 0.416 e. The Morgan fingerprint density at radius 2 is 1.67 bits per heavy atom. The van der Waals surface area contributed by atoms with Crippen molar-refractivity contribution in [1.82, 2.24) is 4.98 Å². The van der Waals surface area contributed by atoms with Crippen LogP contribution in [0.4, 0.5) is 13.2 Å². The van der Waals surface area contributed by atoms with E-state index in [0.717, 1.165) is 6.07 Å². The third-order valence-corrected chi connectivity index (χ3v) is 2.53. The van der Waals surface area contributed by atoms with Crippen LogP contribution >= 0.6 is 0 Å². The van der Waals surface area contributed by atoms with Crippen LogP contribution in [-0.2, 0) is 6.18 Å². The van der Waals surface area contributed by atoms with Crippen LogP contribution in [0.5, 0.6) is 0 Å². The van der Waals surface area contributed by atoms with E-state index in [2.05, 4.69) is 4.98 Å². The standard InChI is InChI=1S/C13H10F3NO/c14-13(15,16)10-6-2-1-5-9(10)12(18)11-7-3-4-8-17-11/h1-8,12,18H. The number of aliphatic hydroxyl groups excluding tert-OH is 1. The zero-order chi connectivity index (χ0) is 13.2. The average Bonchev–Trinajstić information content (AvgIpc) is 2.38. The fourth-order valence-electron chi connectivity index (χ4n) is 1.69. The van der Waals surface area contributed by atoms with Crippen molar-refractivity contribution in [3.05, 3.63) is 65.5 Å². The molecule has 18 heavy (non-hydrogen) atoms. The number of hydrogen-bond donors (Lipinski definition) is 1. The molecule has 0 aliphatic rings. The smallest absolute Gasteiger partial charge is 0.382 e. The van der Waals surface area contributed by atoms with Crippen molar-refractivity contribution in [1.29, 1.82) is 0 Å². The minimum absolute atomic E-state index is 0.189. The predicted molar refractivity (Wildman–Crippen MR) is 59.7 cm³/mol. The maximum atomic E-state index is 12.8. The summed E-state index contributed by atoms with van der Waals surface area (Å²) in [5, 5.41) is 9.97. The van der Waals surface area contributed by atoms with Crippen molar-refractivity contribution >= 4 is 0 Å². The molecule has 94 valence electrons. The van der Waals surface area contributed by atoms with Crippen LogP contribution in [0.2, 0.25) is 0 Å². The summed E-state index contributed by atoms with van der Waals surface area (Å²) in [6, 6.07) is 9.67. The summed E-state index contributed by atoms with van der Waals surface area (Å²) in [4.78, 5) is 3.86. The molecule has 0 aliphatic carbocycles. The summed E-state index contributed by atoms with van der Waals surface area (Å²) in [6.07, 6.45) is -4.45. The summed E-state index contributed by atoms with van der Waals surface area (Å²) in [5.74, 6) is 0. The van der Waals surface area contributed by atoms with Gasteiger partial charge < -0.3 is 5.11 Å². The van der Waals surface area contributed by atoms with Crippen LogP contribution < -0.4 is 0 Å². The number of pyridine rings is 1. The van der Waals surface area contributed by atoms with Gasteiger partial charge in [0.2, 0.25) is 0 Å². The number of alkyl halides is 3. The van der Waals surface area contributed by atoms with Crippen molar-refractivity contribution < 1.29 is 18.3 Å². The van der Waals surface area contributed by atoms with Gasteiger partial charge in [-0.2, -0.15) is 13.2 Å². The molecule has 0 aliphatic heterocycles. The third kappa shape index (κ3) is 2.51. The first-order valence-corrected chi connectivity index (χ1v) is 5.25. The summed E-state index contributed by atoms with van der Waals surface area (Å²) in [6.45, 7) is 0. The van der Waals surface area contributed by atoms with E-state index < -0.39 is 17.8 Å². The molecular formula is C13H10F3NO. The topological polar surface area (TPSA) is 33.1 Å². The number of aromatic nitrogens is 1. The fourth-order valence-corrected chi connectivity index (χ4v) is 1.69. The summed E-state index contributed by atoms with van der Waals surface area (Å²) in [7, 11) is 0. The summed E-state index contributed by atoms with van der Waals surface area (Å²) < 4.78 is 38.4. The molecule has 1 atom stereocenters. The molecule has 0 bridgehead atoms. The van der Waals surface area contributed by atoms with E-state index >= 15 is 0 Å². The van der Waals surface area contributed by atoms with Crippen LogP contribution in [0.25, 0.3) is 0 Å². The van der Waals surface area contributed by atoms with Gasteiger partial charge >= 0.3 is 6.18 Å². The lowest BCUT2D eigenvalue weighted by atomic mass is 9.99. The molecule has 0 amide bonds. The van der Waals surface area contributed by atoms with Crippen LogP contribution in [0, 0.1) is 0 Å². The van der Waals surface area contributed by atoms with E-state index in [1.807, 2.05) is 0 Å². The van der Waals surface area contributed by atoms with E-state index in [1.165, 1.54) is 30.5 Å². The molecule has 0 fully saturated rings. The van der Waals surface area contributed by atoms with E-state index in [-0.39, 0.29) is 11.3 Å². The molecule has 5 heteroatoms. The van der Waals surface area contributed by atoms with Crippen LogP contribution in [0.3, 0.4) is 0 Å². The molecule has 1 unspecified atom stereocenters. The number of benzene rings is 1. The van der Waals surface area contributed by atoms with E-state index in [1.54, 1.807) is 12.1 Å². The van der Waals surface area contributed by atoms with Crippen LogP contribution in [-0.4, -0.2) is 10.1 Å². The van der Waals surface area contributed by atoms with Crippen LogP contribution in [0.15, 0.2) is 48.7 Å². The number of hydrogen-bond acceptors (Lipinski definition) is 2. The number of aliphatic hydroxyl groups is 1. The molecule has 0 spiro atoms. The molecule has 2 nitrogen and oxygen atoms in total. The lowest BCUT2D eigenvalue weighted by Crippen LogP contribution is -2.13. The highest BCUT2D eigenvalue weighted by Gasteiger charge is 2.35. The Hall–Kier alpha value is -1.88. The zero-order valence-corrected chi connectivity index (χ0v) is 9.22. The van der Waals surface area contributed by atoms with Crippen LogP contribution in [0.1, 0.15) is 22.9 Å². The zero-order valence-electron chi connectivity index (χ0n) is 9.22. The second-order valence-electron chi connectivity index (χ2n) is 3.74. The van der Waals surface area contributed by atoms with E-state index in [9.17, 15) is 18.3 Å². The fraction of sp³-hybridized carbons (Fsp3) is 0.154. The Kier molecular flexibility index (Phi) is 3.34. The first-order valence-electron chi connectivity index (χ1n) is 5.25. The van der Waals surface area contributed by atoms with Gasteiger partial charge in [0.05, 0.1) is 11.3 Å². The Bertz CT molecular complexity index is 525. The van der Waals surface area contributed by atoms with Crippen molar-refractivity contribution in [2.45, 2.75) is 12.3 Å². The van der Waals surface area contributed by atoms with Gasteiger partial charge in [0.25, 0.3) is 0 Å². The molecule has 1 N–H and O–H groups in total. The normalized spacial score (nSPS) is 13.3. The first-order chi connectivity index (χ1) is 8.50. The first kappa shape index (κ1) is 12.6. The number of halogens is 3. The predicted octanol–water partition coefficient (Wildman–Crippen LogP) is 3.18. The van der Waals surface area contributed by atoms with E-state index in [4.69, 9.17) is 0 Å². The Balaban J connectivity index is 2.46. The van der Waals surface area contributed by atoms with E-state index in [0.29, 0.717) is 0 Å². The Morgan fingerprint density at radius 1 is 1.00 bits per heavy atom. The summed E-state index contributed by atoms with van der Waals surface area (Å²) in [5.41, 5.74) is -0.846. The van der Waals surface area contributed by atoms with Gasteiger partial charge in [-0.25, -0.2) is 0 Å². The summed E-state index contributed by atoms with van der Waals surface area (Å²) >= 11 is 0. The molecule has 0 saturated heterocycles. The molecule has 1 aromatic heterocycles. The highest BCUT2D eigenvalue weighted by molar-refractivity contribution is 5.35. The lowest BCUT2D eigenvalue weighted by molar-refractivity contribution is -0.139. The van der Waals surface area contributed by atoms with Crippen molar-refractivity contribution in [3.8, 4) is 0 Å². The maximum absolute atomic E-state index is 12.8. The lowest BCUT2D eigenvalue weighted by Gasteiger charge is -2.16. The van der Waals surface area contributed by atoms with Gasteiger partial charge in [-0.15, -0.1) is 0 Å². The highest BCUT2D eigenvalue weighted by Crippen LogP contribution is 2.35. The molecule has 0 radical (unpaired) electrons. The minimum Gasteiger partial charge on any atom is -0.382 e. The quantitative estimate of drug-likeness (QED) is 0.891. The number of nitrogens with zero attached hydrogens (tertiary/aromatic N) is 1. The van der Waals surface area contributed by atoms with Gasteiger partial charge in [0.1, 0.15) is 6.10 Å². The van der Waals surface area contributed by atoms with Gasteiger partial charge in [-0.3, -0.25) is 4.98 Å². The molecular weight excluding hydrogens is 243 g/mol.